The quantitative estimate of drug-likeness (QED) is 0.816. The average molecular weight is 330 g/mol. The van der Waals surface area contributed by atoms with Crippen molar-refractivity contribution < 1.29 is 4.74 Å². The molecule has 0 atom stereocenters. The normalized spacial score (nSPS) is 14.8. The van der Waals surface area contributed by atoms with Crippen molar-refractivity contribution in [2.24, 2.45) is 14.1 Å². The second-order valence-electron chi connectivity index (χ2n) is 5.91. The van der Waals surface area contributed by atoms with Gasteiger partial charge in [-0.2, -0.15) is 0 Å². The van der Waals surface area contributed by atoms with E-state index in [0.29, 0.717) is 5.82 Å². The molecular formula is C17H22N4O3. The number of piperazine rings is 1. The molecule has 0 saturated carbocycles. The minimum absolute atomic E-state index is 0.273. The van der Waals surface area contributed by atoms with Gasteiger partial charge >= 0.3 is 5.69 Å². The van der Waals surface area contributed by atoms with Crippen LogP contribution in [0.15, 0.2) is 39.9 Å². The molecule has 1 aromatic carbocycles. The largest absolute Gasteiger partial charge is 0.497 e. The summed E-state index contributed by atoms with van der Waals surface area (Å²) in [5, 5.41) is 0. The molecule has 7 heteroatoms. The van der Waals surface area contributed by atoms with Gasteiger partial charge in [0.25, 0.3) is 5.56 Å². The predicted molar refractivity (Wildman–Crippen MR) is 94.3 cm³/mol. The first kappa shape index (κ1) is 16.2. The van der Waals surface area contributed by atoms with E-state index in [4.69, 9.17) is 4.74 Å². The van der Waals surface area contributed by atoms with Gasteiger partial charge in [-0.25, -0.2) is 4.79 Å². The van der Waals surface area contributed by atoms with Gasteiger partial charge in [-0.05, 0) is 24.3 Å². The van der Waals surface area contributed by atoms with Gasteiger partial charge in [0.15, 0.2) is 0 Å². The topological polar surface area (TPSA) is 59.7 Å². The first-order valence-electron chi connectivity index (χ1n) is 7.92. The van der Waals surface area contributed by atoms with Gasteiger partial charge in [0.2, 0.25) is 0 Å². The zero-order valence-corrected chi connectivity index (χ0v) is 14.2. The summed E-state index contributed by atoms with van der Waals surface area (Å²) in [6.45, 7) is 3.17. The smallest absolute Gasteiger partial charge is 0.332 e. The van der Waals surface area contributed by atoms with Crippen molar-refractivity contribution in [3.63, 3.8) is 0 Å². The highest BCUT2D eigenvalue weighted by Gasteiger charge is 2.20. The monoisotopic (exact) mass is 330 g/mol. The molecule has 0 bridgehead atoms. The van der Waals surface area contributed by atoms with E-state index in [1.165, 1.54) is 17.7 Å². The van der Waals surface area contributed by atoms with Gasteiger partial charge in [-0.3, -0.25) is 13.9 Å². The Hall–Kier alpha value is -2.70. The molecule has 0 aliphatic carbocycles. The van der Waals surface area contributed by atoms with Gasteiger partial charge in [-0.15, -0.1) is 0 Å². The lowest BCUT2D eigenvalue weighted by molar-refractivity contribution is 0.415. The van der Waals surface area contributed by atoms with Crippen LogP contribution in [-0.4, -0.2) is 42.4 Å². The van der Waals surface area contributed by atoms with Crippen LogP contribution >= 0.6 is 0 Å². The summed E-state index contributed by atoms with van der Waals surface area (Å²) in [6, 6.07) is 9.52. The van der Waals surface area contributed by atoms with Gasteiger partial charge in [-0.1, -0.05) is 0 Å². The van der Waals surface area contributed by atoms with Crippen molar-refractivity contribution >= 4 is 11.5 Å². The van der Waals surface area contributed by atoms with Crippen molar-refractivity contribution in [3.8, 4) is 5.75 Å². The molecule has 1 saturated heterocycles. The highest BCUT2D eigenvalue weighted by Crippen LogP contribution is 2.21. The minimum atomic E-state index is -0.296. The van der Waals surface area contributed by atoms with Crippen LogP contribution in [0.1, 0.15) is 0 Å². The highest BCUT2D eigenvalue weighted by molar-refractivity contribution is 5.51. The fourth-order valence-corrected chi connectivity index (χ4v) is 3.01. The SMILES string of the molecule is COc1ccc(N2CCN(c3cc(=O)n(C)c(=O)n3C)CC2)cc1. The number of nitrogens with zero attached hydrogens (tertiary/aromatic N) is 4. The van der Waals surface area contributed by atoms with Crippen LogP contribution in [-0.2, 0) is 14.1 Å². The van der Waals surface area contributed by atoms with Crippen LogP contribution < -0.4 is 25.8 Å². The number of methoxy groups -OCH3 is 1. The Morgan fingerprint density at radius 3 is 2.04 bits per heavy atom. The zero-order chi connectivity index (χ0) is 17.3. The lowest BCUT2D eigenvalue weighted by Gasteiger charge is -2.37. The molecule has 0 spiro atoms. The van der Waals surface area contributed by atoms with Crippen LogP contribution in [0.2, 0.25) is 0 Å². The van der Waals surface area contributed by atoms with Crippen LogP contribution in [0.25, 0.3) is 0 Å². The third-order valence-corrected chi connectivity index (χ3v) is 4.54. The first-order chi connectivity index (χ1) is 11.5. The van der Waals surface area contributed by atoms with Gasteiger partial charge in [0, 0.05) is 52.0 Å². The van der Waals surface area contributed by atoms with E-state index in [1.54, 1.807) is 14.2 Å². The highest BCUT2D eigenvalue weighted by atomic mass is 16.5. The van der Waals surface area contributed by atoms with Crippen molar-refractivity contribution in [2.45, 2.75) is 0 Å². The number of benzene rings is 1. The molecule has 2 aromatic rings. The molecule has 0 N–H and O–H groups in total. The van der Waals surface area contributed by atoms with Gasteiger partial charge in [0.05, 0.1) is 7.11 Å². The van der Waals surface area contributed by atoms with Gasteiger partial charge < -0.3 is 14.5 Å². The lowest BCUT2D eigenvalue weighted by atomic mass is 10.2. The number of anilines is 2. The minimum Gasteiger partial charge on any atom is -0.497 e. The van der Waals surface area contributed by atoms with E-state index in [1.807, 2.05) is 24.3 Å². The Bertz CT molecular complexity index is 830. The van der Waals surface area contributed by atoms with E-state index in [-0.39, 0.29) is 11.2 Å². The van der Waals surface area contributed by atoms with Crippen molar-refractivity contribution in [3.05, 3.63) is 51.2 Å². The van der Waals surface area contributed by atoms with E-state index in [2.05, 4.69) is 9.80 Å². The summed E-state index contributed by atoms with van der Waals surface area (Å²) >= 11 is 0. The summed E-state index contributed by atoms with van der Waals surface area (Å²) in [7, 11) is 4.85. The van der Waals surface area contributed by atoms with Gasteiger partial charge in [0.1, 0.15) is 11.6 Å². The molecule has 1 aliphatic rings. The molecule has 1 fully saturated rings. The van der Waals surface area contributed by atoms with E-state index in [0.717, 1.165) is 42.2 Å². The maximum absolute atomic E-state index is 12.1. The van der Waals surface area contributed by atoms with Crippen LogP contribution in [0, 0.1) is 0 Å². The van der Waals surface area contributed by atoms with Crippen molar-refractivity contribution in [1.29, 1.82) is 0 Å². The third kappa shape index (κ3) is 2.89. The number of rotatable bonds is 3. The second-order valence-corrected chi connectivity index (χ2v) is 5.91. The van der Waals surface area contributed by atoms with E-state index < -0.39 is 0 Å². The Balaban J connectivity index is 1.75. The van der Waals surface area contributed by atoms with Crippen LogP contribution in [0.4, 0.5) is 11.5 Å². The van der Waals surface area contributed by atoms with E-state index in [9.17, 15) is 9.59 Å². The molecular weight excluding hydrogens is 308 g/mol. The summed E-state index contributed by atoms with van der Waals surface area (Å²) in [6.07, 6.45) is 0. The van der Waals surface area contributed by atoms with Crippen molar-refractivity contribution in [1.82, 2.24) is 9.13 Å². The Morgan fingerprint density at radius 2 is 1.46 bits per heavy atom. The molecule has 1 aromatic heterocycles. The number of aromatic nitrogens is 2. The molecule has 7 nitrogen and oxygen atoms in total. The third-order valence-electron chi connectivity index (χ3n) is 4.54. The number of ether oxygens (including phenoxy) is 1. The molecule has 0 unspecified atom stereocenters. The maximum atomic E-state index is 12.1. The average Bonchev–Trinajstić information content (AvgIpc) is 2.63. The molecule has 0 radical (unpaired) electrons. The fraction of sp³-hybridized carbons (Fsp3) is 0.412. The summed E-state index contributed by atoms with van der Waals surface area (Å²) in [5.74, 6) is 1.52. The van der Waals surface area contributed by atoms with E-state index >= 15 is 0 Å². The van der Waals surface area contributed by atoms with Crippen molar-refractivity contribution in [2.75, 3.05) is 43.1 Å². The maximum Gasteiger partial charge on any atom is 0.332 e. The molecule has 0 amide bonds. The second kappa shape index (κ2) is 6.43. The molecule has 3 rings (SSSR count). The summed E-state index contributed by atoms with van der Waals surface area (Å²) < 4.78 is 7.84. The fourth-order valence-electron chi connectivity index (χ4n) is 3.01. The van der Waals surface area contributed by atoms with Crippen LogP contribution in [0.3, 0.4) is 0 Å². The lowest BCUT2D eigenvalue weighted by Crippen LogP contribution is -2.49. The Kier molecular flexibility index (Phi) is 4.33. The van der Waals surface area contributed by atoms with Crippen LogP contribution in [0.5, 0.6) is 5.75 Å². The predicted octanol–water partition coefficient (Wildman–Crippen LogP) is 0.419. The standard InChI is InChI=1S/C17H22N4O3/c1-18-15(12-16(22)19(2)17(18)23)21-10-8-20(9-11-21)13-4-6-14(24-3)7-5-13/h4-7,12H,8-11H2,1-3H3. The molecule has 1 aliphatic heterocycles. The molecule has 24 heavy (non-hydrogen) atoms. The number of hydrogen-bond acceptors (Lipinski definition) is 5. The Morgan fingerprint density at radius 1 is 0.875 bits per heavy atom. The first-order valence-corrected chi connectivity index (χ1v) is 7.92. The molecule has 128 valence electrons. The zero-order valence-electron chi connectivity index (χ0n) is 14.2. The molecule has 2 heterocycles. The Labute approximate surface area is 140 Å². The summed E-state index contributed by atoms with van der Waals surface area (Å²) in [5.41, 5.74) is 0.578. The summed E-state index contributed by atoms with van der Waals surface area (Å²) in [4.78, 5) is 28.4. The number of hydrogen-bond donors (Lipinski definition) is 0.